The third kappa shape index (κ3) is 8.34. The lowest BCUT2D eigenvalue weighted by Crippen LogP contribution is -2.54. The maximum atomic E-state index is 13.5. The number of hydrogen-bond donors (Lipinski definition) is 1. The fourth-order valence-electron chi connectivity index (χ4n) is 3.14. The highest BCUT2D eigenvalue weighted by Gasteiger charge is 2.31. The van der Waals surface area contributed by atoms with Gasteiger partial charge in [-0.05, 0) is 63.6 Å². The third-order valence-corrected chi connectivity index (χ3v) is 6.58. The summed E-state index contributed by atoms with van der Waals surface area (Å²) in [6.07, 6.45) is 0.981. The number of benzene rings is 2. The maximum Gasteiger partial charge on any atom is 0.244 e. The van der Waals surface area contributed by atoms with Crippen molar-refractivity contribution in [2.45, 2.75) is 45.8 Å². The van der Waals surface area contributed by atoms with Gasteiger partial charge < -0.3 is 10.2 Å². The standard InChI is InChI=1S/C23H28Cl3N3O4S/c1-15(22(31)27-23(2,3)4)28(13-16-6-8-17(24)9-7-16)21(30)14-29(34(5,32)33)20-11-18(25)10-19(26)12-20/h6-12,15H,13-14H2,1-5H3,(H,27,31)/t15-/m1/s1. The zero-order valence-electron chi connectivity index (χ0n) is 19.6. The van der Waals surface area contributed by atoms with Gasteiger partial charge in [0, 0.05) is 27.2 Å². The van der Waals surface area contributed by atoms with Crippen LogP contribution in [0.5, 0.6) is 0 Å². The zero-order chi connectivity index (χ0) is 25.8. The van der Waals surface area contributed by atoms with Crippen molar-refractivity contribution in [3.8, 4) is 0 Å². The van der Waals surface area contributed by atoms with Gasteiger partial charge in [0.05, 0.1) is 11.9 Å². The highest BCUT2D eigenvalue weighted by Crippen LogP contribution is 2.27. The van der Waals surface area contributed by atoms with E-state index in [1.165, 1.54) is 23.1 Å². The van der Waals surface area contributed by atoms with Crippen molar-refractivity contribution >= 4 is 62.3 Å². The Morgan fingerprint density at radius 2 is 1.50 bits per heavy atom. The fraction of sp³-hybridized carbons (Fsp3) is 0.391. The predicted octanol–water partition coefficient (Wildman–Crippen LogP) is 4.74. The number of amides is 2. The summed E-state index contributed by atoms with van der Waals surface area (Å²) in [5, 5.41) is 3.83. The molecule has 0 aliphatic carbocycles. The zero-order valence-corrected chi connectivity index (χ0v) is 22.7. The molecule has 186 valence electrons. The number of nitrogens with one attached hydrogen (secondary N) is 1. The molecule has 2 aromatic rings. The van der Waals surface area contributed by atoms with E-state index in [1.807, 2.05) is 20.8 Å². The van der Waals surface area contributed by atoms with Crippen molar-refractivity contribution < 1.29 is 18.0 Å². The molecule has 0 heterocycles. The monoisotopic (exact) mass is 547 g/mol. The minimum absolute atomic E-state index is 0.0721. The Labute approximate surface area is 216 Å². The molecule has 34 heavy (non-hydrogen) atoms. The van der Waals surface area contributed by atoms with Gasteiger partial charge in [-0.3, -0.25) is 13.9 Å². The molecule has 0 aliphatic rings. The molecular weight excluding hydrogens is 521 g/mol. The second-order valence-electron chi connectivity index (χ2n) is 8.96. The Hall–Kier alpha value is -2.00. The van der Waals surface area contributed by atoms with Gasteiger partial charge in [0.1, 0.15) is 12.6 Å². The Bertz CT molecular complexity index is 1130. The summed E-state index contributed by atoms with van der Waals surface area (Å²) in [6, 6.07) is 10.2. The Morgan fingerprint density at radius 1 is 0.971 bits per heavy atom. The summed E-state index contributed by atoms with van der Waals surface area (Å²) in [4.78, 5) is 27.7. The van der Waals surface area contributed by atoms with E-state index in [1.54, 1.807) is 31.2 Å². The van der Waals surface area contributed by atoms with Gasteiger partial charge in [-0.25, -0.2) is 8.42 Å². The number of rotatable bonds is 8. The van der Waals surface area contributed by atoms with Crippen molar-refractivity contribution in [3.05, 3.63) is 63.1 Å². The van der Waals surface area contributed by atoms with Gasteiger partial charge >= 0.3 is 0 Å². The SMILES string of the molecule is C[C@H](C(=O)NC(C)(C)C)N(Cc1ccc(Cl)cc1)C(=O)CN(c1cc(Cl)cc(Cl)c1)S(C)(=O)=O. The van der Waals surface area contributed by atoms with E-state index in [0.29, 0.717) is 5.02 Å². The molecule has 0 bridgehead atoms. The van der Waals surface area contributed by atoms with E-state index in [-0.39, 0.29) is 28.2 Å². The van der Waals surface area contributed by atoms with Gasteiger partial charge in [-0.1, -0.05) is 46.9 Å². The van der Waals surface area contributed by atoms with Crippen LogP contribution in [-0.4, -0.2) is 49.5 Å². The fourth-order valence-corrected chi connectivity index (χ4v) is 4.61. The topological polar surface area (TPSA) is 86.8 Å². The lowest BCUT2D eigenvalue weighted by atomic mass is 10.1. The van der Waals surface area contributed by atoms with Gasteiger partial charge in [-0.15, -0.1) is 0 Å². The van der Waals surface area contributed by atoms with Crippen LogP contribution in [0.25, 0.3) is 0 Å². The van der Waals surface area contributed by atoms with Gasteiger partial charge in [0.2, 0.25) is 21.8 Å². The van der Waals surface area contributed by atoms with Crippen LogP contribution in [-0.2, 0) is 26.2 Å². The van der Waals surface area contributed by atoms with E-state index in [0.717, 1.165) is 16.1 Å². The molecule has 0 saturated carbocycles. The quantitative estimate of drug-likeness (QED) is 0.516. The van der Waals surface area contributed by atoms with Crippen LogP contribution in [0.2, 0.25) is 15.1 Å². The molecule has 1 atom stereocenters. The van der Waals surface area contributed by atoms with E-state index in [4.69, 9.17) is 34.8 Å². The normalized spacial score (nSPS) is 12.7. The second-order valence-corrected chi connectivity index (χ2v) is 12.2. The Morgan fingerprint density at radius 3 is 1.97 bits per heavy atom. The van der Waals surface area contributed by atoms with Crippen molar-refractivity contribution in [1.29, 1.82) is 0 Å². The first-order valence-electron chi connectivity index (χ1n) is 10.4. The smallest absolute Gasteiger partial charge is 0.244 e. The van der Waals surface area contributed by atoms with Gasteiger partial charge in [-0.2, -0.15) is 0 Å². The van der Waals surface area contributed by atoms with Crippen LogP contribution in [0.3, 0.4) is 0 Å². The minimum atomic E-state index is -3.88. The predicted molar refractivity (Wildman–Crippen MR) is 138 cm³/mol. The third-order valence-electron chi connectivity index (χ3n) is 4.75. The highest BCUT2D eigenvalue weighted by atomic mass is 35.5. The van der Waals surface area contributed by atoms with Crippen LogP contribution < -0.4 is 9.62 Å². The van der Waals surface area contributed by atoms with Crippen LogP contribution in [0.4, 0.5) is 5.69 Å². The molecule has 0 saturated heterocycles. The van der Waals surface area contributed by atoms with Crippen molar-refractivity contribution in [3.63, 3.8) is 0 Å². The largest absolute Gasteiger partial charge is 0.350 e. The first-order valence-corrected chi connectivity index (χ1v) is 13.3. The summed E-state index contributed by atoms with van der Waals surface area (Å²) in [5.41, 5.74) is 0.355. The second kappa shape index (κ2) is 11.2. The van der Waals surface area contributed by atoms with Crippen molar-refractivity contribution in [2.24, 2.45) is 0 Å². The average molecular weight is 549 g/mol. The molecule has 2 amide bonds. The van der Waals surface area contributed by atoms with E-state index in [9.17, 15) is 18.0 Å². The van der Waals surface area contributed by atoms with Crippen LogP contribution in [0.1, 0.15) is 33.3 Å². The summed E-state index contributed by atoms with van der Waals surface area (Å²) >= 11 is 18.1. The highest BCUT2D eigenvalue weighted by molar-refractivity contribution is 7.92. The first kappa shape index (κ1) is 28.2. The summed E-state index contributed by atoms with van der Waals surface area (Å²) in [5.74, 6) is -0.945. The Kier molecular flexibility index (Phi) is 9.27. The van der Waals surface area contributed by atoms with Crippen LogP contribution in [0, 0.1) is 0 Å². The number of sulfonamides is 1. The molecule has 2 aromatic carbocycles. The molecule has 0 fully saturated rings. The minimum Gasteiger partial charge on any atom is -0.350 e. The summed E-state index contributed by atoms with van der Waals surface area (Å²) in [7, 11) is -3.88. The van der Waals surface area contributed by atoms with E-state index >= 15 is 0 Å². The number of nitrogens with zero attached hydrogens (tertiary/aromatic N) is 2. The number of carbonyl (C=O) groups is 2. The summed E-state index contributed by atoms with van der Waals surface area (Å²) < 4.78 is 26.1. The molecule has 7 nitrogen and oxygen atoms in total. The molecule has 0 aliphatic heterocycles. The number of halogens is 3. The molecule has 0 unspecified atom stereocenters. The molecule has 0 aromatic heterocycles. The van der Waals surface area contributed by atoms with Crippen LogP contribution in [0.15, 0.2) is 42.5 Å². The van der Waals surface area contributed by atoms with E-state index < -0.39 is 34.1 Å². The number of hydrogen-bond acceptors (Lipinski definition) is 4. The average Bonchev–Trinajstić information content (AvgIpc) is 2.68. The van der Waals surface area contributed by atoms with Gasteiger partial charge in [0.25, 0.3) is 0 Å². The lowest BCUT2D eigenvalue weighted by Gasteiger charge is -2.33. The van der Waals surface area contributed by atoms with Crippen molar-refractivity contribution in [2.75, 3.05) is 17.1 Å². The number of carbonyl (C=O) groups excluding carboxylic acids is 2. The Balaban J connectivity index is 2.43. The molecular formula is C23H28Cl3N3O4S. The lowest BCUT2D eigenvalue weighted by molar-refractivity contribution is -0.140. The summed E-state index contributed by atoms with van der Waals surface area (Å²) in [6.45, 7) is 6.61. The molecule has 0 spiro atoms. The molecule has 0 radical (unpaired) electrons. The maximum absolute atomic E-state index is 13.5. The van der Waals surface area contributed by atoms with Crippen LogP contribution >= 0.6 is 34.8 Å². The number of anilines is 1. The van der Waals surface area contributed by atoms with E-state index in [2.05, 4.69) is 5.32 Å². The molecule has 11 heteroatoms. The molecule has 1 N–H and O–H groups in total. The first-order chi connectivity index (χ1) is 15.6. The molecule has 2 rings (SSSR count). The van der Waals surface area contributed by atoms with Gasteiger partial charge in [0.15, 0.2) is 0 Å². The van der Waals surface area contributed by atoms with Crippen molar-refractivity contribution in [1.82, 2.24) is 10.2 Å².